The molecule has 1 amide bonds. The molecule has 0 aromatic heterocycles. The third-order valence-electron chi connectivity index (χ3n) is 6.35. The average molecular weight is 520 g/mol. The Morgan fingerprint density at radius 1 is 0.909 bits per heavy atom. The minimum absolute atomic E-state index is 0.0626. The third-order valence-corrected chi connectivity index (χ3v) is 7.24. The van der Waals surface area contributed by atoms with E-state index < -0.39 is 0 Å². The Hall–Kier alpha value is -2.66. The van der Waals surface area contributed by atoms with Gasteiger partial charge in [0.05, 0.1) is 6.04 Å². The van der Waals surface area contributed by atoms with Crippen molar-refractivity contribution in [3.05, 3.63) is 112 Å². The molecule has 3 nitrogen and oxygen atoms in total. The highest BCUT2D eigenvalue weighted by atomic mass is 79.9. The molecule has 2 aliphatic rings. The first-order valence-electron chi connectivity index (χ1n) is 11.1. The molecule has 1 aliphatic carbocycles. The molecule has 1 atom stereocenters. The Morgan fingerprint density at radius 3 is 2.42 bits per heavy atom. The minimum atomic E-state index is 0.0626. The lowest BCUT2D eigenvalue weighted by molar-refractivity contribution is -0.127. The summed E-state index contributed by atoms with van der Waals surface area (Å²) in [4.78, 5) is 17.2. The predicted octanol–water partition coefficient (Wildman–Crippen LogP) is 6.49. The van der Waals surface area contributed by atoms with Crippen molar-refractivity contribution in [2.45, 2.75) is 6.04 Å². The lowest BCUT2D eigenvalue weighted by atomic mass is 9.92. The second kappa shape index (κ2) is 9.68. The van der Waals surface area contributed by atoms with Crippen molar-refractivity contribution in [2.75, 3.05) is 26.2 Å². The van der Waals surface area contributed by atoms with Crippen molar-refractivity contribution in [1.82, 2.24) is 9.80 Å². The molecule has 3 aromatic carbocycles. The van der Waals surface area contributed by atoms with Crippen molar-refractivity contribution >= 4 is 50.1 Å². The van der Waals surface area contributed by atoms with Crippen LogP contribution in [0.25, 0.3) is 16.6 Å². The maximum absolute atomic E-state index is 12.8. The van der Waals surface area contributed by atoms with E-state index >= 15 is 0 Å². The van der Waals surface area contributed by atoms with Crippen molar-refractivity contribution in [1.29, 1.82) is 0 Å². The summed E-state index contributed by atoms with van der Waals surface area (Å²) in [6.45, 7) is 2.99. The van der Waals surface area contributed by atoms with Crippen LogP contribution in [0, 0.1) is 0 Å². The zero-order chi connectivity index (χ0) is 22.8. The van der Waals surface area contributed by atoms with Gasteiger partial charge in [-0.3, -0.25) is 9.69 Å². The fourth-order valence-electron chi connectivity index (χ4n) is 4.68. The largest absolute Gasteiger partial charge is 0.337 e. The van der Waals surface area contributed by atoms with E-state index in [0.717, 1.165) is 33.7 Å². The Kier molecular flexibility index (Phi) is 6.50. The highest BCUT2D eigenvalue weighted by molar-refractivity contribution is 9.15. The van der Waals surface area contributed by atoms with Crippen LogP contribution >= 0.6 is 27.5 Å². The van der Waals surface area contributed by atoms with Crippen LogP contribution in [0.15, 0.2) is 78.9 Å². The second-order valence-corrected chi connectivity index (χ2v) is 9.65. The maximum atomic E-state index is 12.8. The number of rotatable bonds is 3. The summed E-state index contributed by atoms with van der Waals surface area (Å²) >= 11 is 10.2. The van der Waals surface area contributed by atoms with E-state index in [1.54, 1.807) is 6.08 Å². The molecular formula is C28H24BrClN2O. The fraction of sp³-hybridized carbons (Fsp3) is 0.179. The standard InChI is InChI=1S/C28H24BrClN2O/c29-26-18-21-8-4-5-9-23(21)28(25-19-22(30)11-12-24(25)26)32-16-14-31(15-17-32)27(33)13-10-20-6-2-1-3-7-20/h1-13,18-19,28H,14-17H2/b13-10+. The maximum Gasteiger partial charge on any atom is 0.246 e. The number of benzene rings is 3. The minimum Gasteiger partial charge on any atom is -0.337 e. The molecule has 1 aliphatic heterocycles. The molecular weight excluding hydrogens is 496 g/mol. The summed E-state index contributed by atoms with van der Waals surface area (Å²) in [5.41, 5.74) is 5.85. The molecule has 5 rings (SSSR count). The number of halogens is 2. The Morgan fingerprint density at radius 2 is 1.64 bits per heavy atom. The van der Waals surface area contributed by atoms with Gasteiger partial charge in [-0.1, -0.05) is 88.2 Å². The lowest BCUT2D eigenvalue weighted by Gasteiger charge is -2.40. The zero-order valence-electron chi connectivity index (χ0n) is 18.1. The van der Waals surface area contributed by atoms with E-state index in [1.165, 1.54) is 16.7 Å². The molecule has 33 heavy (non-hydrogen) atoms. The number of fused-ring (bicyclic) bond motifs is 2. The van der Waals surface area contributed by atoms with Crippen molar-refractivity contribution in [2.24, 2.45) is 0 Å². The molecule has 0 spiro atoms. The van der Waals surface area contributed by atoms with Gasteiger partial charge in [-0.25, -0.2) is 0 Å². The van der Waals surface area contributed by atoms with E-state index in [-0.39, 0.29) is 11.9 Å². The number of carbonyl (C=O) groups is 1. The lowest BCUT2D eigenvalue weighted by Crippen LogP contribution is -2.49. The number of nitrogens with zero attached hydrogens (tertiary/aromatic N) is 2. The number of amides is 1. The smallest absolute Gasteiger partial charge is 0.246 e. The van der Waals surface area contributed by atoms with E-state index in [1.807, 2.05) is 47.4 Å². The SMILES string of the molecule is O=C(/C=C/c1ccccc1)N1CCN(C2c3ccccc3C=C(Br)c3ccc(Cl)cc32)CC1. The van der Waals surface area contributed by atoms with Gasteiger partial charge in [-0.05, 0) is 52.1 Å². The predicted molar refractivity (Wildman–Crippen MR) is 140 cm³/mol. The van der Waals surface area contributed by atoms with Crippen LogP contribution in [0.4, 0.5) is 0 Å². The number of hydrogen-bond donors (Lipinski definition) is 0. The van der Waals surface area contributed by atoms with Crippen LogP contribution in [0.3, 0.4) is 0 Å². The summed E-state index contributed by atoms with van der Waals surface area (Å²) < 4.78 is 1.06. The number of carbonyl (C=O) groups excluding carboxylic acids is 1. The summed E-state index contributed by atoms with van der Waals surface area (Å²) in [6, 6.07) is 24.7. The molecule has 1 fully saturated rings. The van der Waals surface area contributed by atoms with Crippen LogP contribution in [0.5, 0.6) is 0 Å². The quantitative estimate of drug-likeness (QED) is 0.369. The molecule has 1 saturated heterocycles. The van der Waals surface area contributed by atoms with Gasteiger partial charge in [0.15, 0.2) is 0 Å². The first kappa shape index (κ1) is 22.1. The van der Waals surface area contributed by atoms with Gasteiger partial charge in [-0.2, -0.15) is 0 Å². The summed E-state index contributed by atoms with van der Waals surface area (Å²) in [7, 11) is 0. The monoisotopic (exact) mass is 518 g/mol. The molecule has 0 radical (unpaired) electrons. The highest BCUT2D eigenvalue weighted by Gasteiger charge is 2.32. The zero-order valence-corrected chi connectivity index (χ0v) is 20.5. The first-order valence-corrected chi connectivity index (χ1v) is 12.3. The first-order chi connectivity index (χ1) is 16.1. The van der Waals surface area contributed by atoms with Crippen molar-refractivity contribution in [3.63, 3.8) is 0 Å². The normalized spacial score (nSPS) is 18.4. The van der Waals surface area contributed by atoms with Crippen LogP contribution in [0.2, 0.25) is 5.02 Å². The van der Waals surface area contributed by atoms with Gasteiger partial charge < -0.3 is 4.90 Å². The molecule has 0 N–H and O–H groups in total. The van der Waals surface area contributed by atoms with E-state index in [4.69, 9.17) is 11.6 Å². The Balaban J connectivity index is 1.39. The van der Waals surface area contributed by atoms with Crippen molar-refractivity contribution < 1.29 is 4.79 Å². The fourth-order valence-corrected chi connectivity index (χ4v) is 5.47. The summed E-state index contributed by atoms with van der Waals surface area (Å²) in [6.07, 6.45) is 5.76. The van der Waals surface area contributed by atoms with E-state index in [0.29, 0.717) is 13.1 Å². The Labute approximate surface area is 208 Å². The number of piperazine rings is 1. The molecule has 1 heterocycles. The van der Waals surface area contributed by atoms with Gasteiger partial charge in [0.1, 0.15) is 0 Å². The summed E-state index contributed by atoms with van der Waals surface area (Å²) in [5, 5.41) is 0.735. The molecule has 3 aromatic rings. The van der Waals surface area contributed by atoms with E-state index in [2.05, 4.69) is 63.3 Å². The van der Waals surface area contributed by atoms with Crippen LogP contribution in [-0.4, -0.2) is 41.9 Å². The van der Waals surface area contributed by atoms with Gasteiger partial charge in [-0.15, -0.1) is 0 Å². The summed E-state index contributed by atoms with van der Waals surface area (Å²) in [5.74, 6) is 0.0626. The molecule has 166 valence electrons. The van der Waals surface area contributed by atoms with Gasteiger partial charge >= 0.3 is 0 Å². The molecule has 1 unspecified atom stereocenters. The number of hydrogen-bond acceptors (Lipinski definition) is 2. The van der Waals surface area contributed by atoms with Gasteiger partial charge in [0.25, 0.3) is 0 Å². The van der Waals surface area contributed by atoms with Crippen LogP contribution in [-0.2, 0) is 4.79 Å². The highest BCUT2D eigenvalue weighted by Crippen LogP contribution is 2.42. The van der Waals surface area contributed by atoms with Crippen LogP contribution in [0.1, 0.15) is 33.9 Å². The van der Waals surface area contributed by atoms with Crippen molar-refractivity contribution in [3.8, 4) is 0 Å². The molecule has 5 heteroatoms. The van der Waals surface area contributed by atoms with Crippen LogP contribution < -0.4 is 0 Å². The van der Waals surface area contributed by atoms with E-state index in [9.17, 15) is 4.79 Å². The average Bonchev–Trinajstić information content (AvgIpc) is 2.96. The van der Waals surface area contributed by atoms with Gasteiger partial charge in [0.2, 0.25) is 5.91 Å². The molecule has 0 saturated carbocycles. The second-order valence-electron chi connectivity index (χ2n) is 8.36. The topological polar surface area (TPSA) is 23.6 Å². The van der Waals surface area contributed by atoms with Gasteiger partial charge in [0, 0.05) is 41.8 Å². The third kappa shape index (κ3) is 4.70. The Bertz CT molecular complexity index is 1230. The molecule has 0 bridgehead atoms.